The second-order valence-corrected chi connectivity index (χ2v) is 6.45. The van der Waals surface area contributed by atoms with E-state index in [-0.39, 0.29) is 11.8 Å². The van der Waals surface area contributed by atoms with Crippen LogP contribution in [0.4, 0.5) is 5.69 Å². The van der Waals surface area contributed by atoms with Crippen molar-refractivity contribution in [1.82, 2.24) is 15.2 Å². The third-order valence-electron chi connectivity index (χ3n) is 4.65. The maximum Gasteiger partial charge on any atom is 0.289 e. The lowest BCUT2D eigenvalue weighted by Gasteiger charge is -2.35. The highest BCUT2D eigenvalue weighted by Crippen LogP contribution is 2.18. The SMILES string of the molecule is O=C(NCc1ccco1)c1cncc(N2CCN(C(=O)c3ccco3)CC2)c1. The van der Waals surface area contributed by atoms with Crippen LogP contribution in [0.15, 0.2) is 64.1 Å². The first-order valence-electron chi connectivity index (χ1n) is 9.04. The van der Waals surface area contributed by atoms with E-state index in [1.165, 1.54) is 12.5 Å². The van der Waals surface area contributed by atoms with Crippen LogP contribution < -0.4 is 10.2 Å². The van der Waals surface area contributed by atoms with E-state index < -0.39 is 0 Å². The lowest BCUT2D eigenvalue weighted by molar-refractivity contribution is 0.0714. The van der Waals surface area contributed by atoms with Gasteiger partial charge in [0.25, 0.3) is 11.8 Å². The molecule has 0 bridgehead atoms. The van der Waals surface area contributed by atoms with Crippen molar-refractivity contribution in [2.45, 2.75) is 6.54 Å². The summed E-state index contributed by atoms with van der Waals surface area (Å²) in [4.78, 5) is 32.8. The van der Waals surface area contributed by atoms with E-state index in [2.05, 4.69) is 15.2 Å². The van der Waals surface area contributed by atoms with Crippen LogP contribution >= 0.6 is 0 Å². The standard InChI is InChI=1S/C20H20N4O4/c25-19(22-14-17-3-1-9-27-17)15-11-16(13-21-12-15)23-5-7-24(8-6-23)20(26)18-4-2-10-28-18/h1-4,9-13H,5-8,14H2,(H,22,25). The number of rotatable bonds is 5. The Bertz CT molecular complexity index is 929. The lowest BCUT2D eigenvalue weighted by Crippen LogP contribution is -2.48. The zero-order valence-corrected chi connectivity index (χ0v) is 15.2. The van der Waals surface area contributed by atoms with Crippen LogP contribution in [0.5, 0.6) is 0 Å². The van der Waals surface area contributed by atoms with Crippen LogP contribution in [0.25, 0.3) is 0 Å². The van der Waals surface area contributed by atoms with E-state index in [4.69, 9.17) is 8.83 Å². The van der Waals surface area contributed by atoms with E-state index in [1.54, 1.807) is 41.6 Å². The van der Waals surface area contributed by atoms with Crippen molar-refractivity contribution in [2.24, 2.45) is 0 Å². The number of nitrogens with one attached hydrogen (secondary N) is 1. The minimum atomic E-state index is -0.211. The fourth-order valence-corrected chi connectivity index (χ4v) is 3.13. The molecule has 8 nitrogen and oxygen atoms in total. The van der Waals surface area contributed by atoms with Gasteiger partial charge in [0.05, 0.1) is 36.5 Å². The minimum Gasteiger partial charge on any atom is -0.467 e. The zero-order valence-electron chi connectivity index (χ0n) is 15.2. The number of nitrogens with zero attached hydrogens (tertiary/aromatic N) is 3. The van der Waals surface area contributed by atoms with Crippen molar-refractivity contribution >= 4 is 17.5 Å². The highest BCUT2D eigenvalue weighted by Gasteiger charge is 2.24. The summed E-state index contributed by atoms with van der Waals surface area (Å²) in [5, 5.41) is 2.81. The highest BCUT2D eigenvalue weighted by molar-refractivity contribution is 5.94. The van der Waals surface area contributed by atoms with Crippen molar-refractivity contribution < 1.29 is 18.4 Å². The molecular weight excluding hydrogens is 360 g/mol. The average molecular weight is 380 g/mol. The summed E-state index contributed by atoms with van der Waals surface area (Å²) in [7, 11) is 0. The number of furan rings is 2. The number of hydrogen-bond acceptors (Lipinski definition) is 6. The number of pyridine rings is 1. The van der Waals surface area contributed by atoms with Crippen LogP contribution in [0.1, 0.15) is 26.7 Å². The summed E-state index contributed by atoms with van der Waals surface area (Å²) in [5.74, 6) is 0.728. The van der Waals surface area contributed by atoms with E-state index in [0.29, 0.717) is 49.8 Å². The molecule has 0 saturated carbocycles. The molecule has 4 rings (SSSR count). The molecule has 2 amide bonds. The average Bonchev–Trinajstić information content (AvgIpc) is 3.46. The topological polar surface area (TPSA) is 91.8 Å². The van der Waals surface area contributed by atoms with Crippen molar-refractivity contribution in [3.05, 3.63) is 72.3 Å². The number of carbonyl (C=O) groups excluding carboxylic acids is 2. The molecule has 8 heteroatoms. The molecule has 3 aromatic heterocycles. The van der Waals surface area contributed by atoms with E-state index in [1.807, 2.05) is 6.07 Å². The minimum absolute atomic E-state index is 0.103. The Morgan fingerprint density at radius 2 is 1.82 bits per heavy atom. The van der Waals surface area contributed by atoms with Crippen LogP contribution in [0.3, 0.4) is 0 Å². The van der Waals surface area contributed by atoms with E-state index in [9.17, 15) is 9.59 Å². The summed E-state index contributed by atoms with van der Waals surface area (Å²) < 4.78 is 10.4. The highest BCUT2D eigenvalue weighted by atomic mass is 16.3. The van der Waals surface area contributed by atoms with Gasteiger partial charge in [-0.05, 0) is 30.3 Å². The van der Waals surface area contributed by atoms with Crippen molar-refractivity contribution in [1.29, 1.82) is 0 Å². The second kappa shape index (κ2) is 7.99. The molecule has 0 aromatic carbocycles. The van der Waals surface area contributed by atoms with Crippen molar-refractivity contribution in [3.63, 3.8) is 0 Å². The quantitative estimate of drug-likeness (QED) is 0.729. The van der Waals surface area contributed by atoms with E-state index >= 15 is 0 Å². The Morgan fingerprint density at radius 1 is 1.04 bits per heavy atom. The molecule has 0 spiro atoms. The summed E-state index contributed by atoms with van der Waals surface area (Å²) >= 11 is 0. The summed E-state index contributed by atoms with van der Waals surface area (Å²) in [6, 6.07) is 8.77. The zero-order chi connectivity index (χ0) is 19.3. The molecule has 1 saturated heterocycles. The Morgan fingerprint density at radius 3 is 2.54 bits per heavy atom. The van der Waals surface area contributed by atoms with Gasteiger partial charge in [0, 0.05) is 32.4 Å². The van der Waals surface area contributed by atoms with Gasteiger partial charge in [0.15, 0.2) is 5.76 Å². The van der Waals surface area contributed by atoms with Crippen LogP contribution in [0, 0.1) is 0 Å². The Hall–Kier alpha value is -3.55. The monoisotopic (exact) mass is 380 g/mol. The molecule has 1 N–H and O–H groups in total. The van der Waals surface area contributed by atoms with Crippen LogP contribution in [0.2, 0.25) is 0 Å². The summed E-state index contributed by atoms with van der Waals surface area (Å²) in [5.41, 5.74) is 1.34. The smallest absolute Gasteiger partial charge is 0.289 e. The molecule has 28 heavy (non-hydrogen) atoms. The number of piperazine rings is 1. The predicted molar refractivity (Wildman–Crippen MR) is 101 cm³/mol. The normalized spacial score (nSPS) is 14.1. The first-order chi connectivity index (χ1) is 13.7. The molecule has 0 unspecified atom stereocenters. The molecule has 1 aliphatic rings. The molecule has 0 radical (unpaired) electrons. The molecule has 144 valence electrons. The third-order valence-corrected chi connectivity index (χ3v) is 4.65. The fraction of sp³-hybridized carbons (Fsp3) is 0.250. The molecule has 4 heterocycles. The summed E-state index contributed by atoms with van der Waals surface area (Å²) in [6.45, 7) is 2.80. The van der Waals surface area contributed by atoms with E-state index in [0.717, 1.165) is 5.69 Å². The van der Waals surface area contributed by atoms with Gasteiger partial charge in [-0.3, -0.25) is 14.6 Å². The van der Waals surface area contributed by atoms with Crippen LogP contribution in [-0.4, -0.2) is 47.9 Å². The largest absolute Gasteiger partial charge is 0.467 e. The van der Waals surface area contributed by atoms with Gasteiger partial charge in [-0.2, -0.15) is 0 Å². The van der Waals surface area contributed by atoms with Crippen LogP contribution in [-0.2, 0) is 6.54 Å². The molecule has 0 aliphatic carbocycles. The first-order valence-corrected chi connectivity index (χ1v) is 9.04. The number of hydrogen-bond donors (Lipinski definition) is 1. The third kappa shape index (κ3) is 3.90. The first kappa shape index (κ1) is 17.8. The van der Waals surface area contributed by atoms with Gasteiger partial charge in [0.1, 0.15) is 5.76 Å². The van der Waals surface area contributed by atoms with Gasteiger partial charge in [-0.25, -0.2) is 0 Å². The number of amides is 2. The van der Waals surface area contributed by atoms with Gasteiger partial charge in [-0.15, -0.1) is 0 Å². The molecule has 0 atom stereocenters. The predicted octanol–water partition coefficient (Wildman–Crippen LogP) is 2.16. The molecular formula is C20H20N4O4. The molecule has 1 fully saturated rings. The summed E-state index contributed by atoms with van der Waals surface area (Å²) in [6.07, 6.45) is 6.34. The number of anilines is 1. The fourth-order valence-electron chi connectivity index (χ4n) is 3.13. The molecule has 1 aliphatic heterocycles. The van der Waals surface area contributed by atoms with Crippen molar-refractivity contribution in [3.8, 4) is 0 Å². The number of aromatic nitrogens is 1. The number of carbonyl (C=O) groups is 2. The van der Waals surface area contributed by atoms with Gasteiger partial charge >= 0.3 is 0 Å². The Kier molecular flexibility index (Phi) is 5.09. The Labute approximate surface area is 161 Å². The second-order valence-electron chi connectivity index (χ2n) is 6.45. The molecule has 3 aromatic rings. The lowest BCUT2D eigenvalue weighted by atomic mass is 10.2. The van der Waals surface area contributed by atoms with Gasteiger partial charge < -0.3 is 24.0 Å². The maximum atomic E-state index is 12.4. The maximum absolute atomic E-state index is 12.4. The van der Waals surface area contributed by atoms with Crippen molar-refractivity contribution in [2.75, 3.05) is 31.1 Å². The van der Waals surface area contributed by atoms with Gasteiger partial charge in [0.2, 0.25) is 0 Å². The Balaban J connectivity index is 1.35. The van der Waals surface area contributed by atoms with Gasteiger partial charge in [-0.1, -0.05) is 0 Å².